The molecule has 1 atom stereocenters. The van der Waals surface area contributed by atoms with Crippen LogP contribution in [0.4, 0.5) is 4.39 Å². The first-order valence-corrected chi connectivity index (χ1v) is 6.82. The number of nitrogens with zero attached hydrogens (tertiary/aromatic N) is 2. The van der Waals surface area contributed by atoms with Crippen LogP contribution in [0.2, 0.25) is 0 Å². The molecule has 0 bridgehead atoms. The molecule has 1 unspecified atom stereocenters. The molecule has 4 nitrogen and oxygen atoms in total. The molecule has 2 N–H and O–H groups in total. The predicted octanol–water partition coefficient (Wildman–Crippen LogP) is 2.27. The van der Waals surface area contributed by atoms with Gasteiger partial charge in [-0.15, -0.1) is 11.8 Å². The molecule has 0 amide bonds. The van der Waals surface area contributed by atoms with Gasteiger partial charge in [0.05, 0.1) is 6.54 Å². The standard InChI is InChI=1S/C12H13FN4S/c13-9-3-1-2-8-10(4-5-18-12(8)9)14-6-11-15-7-16-17-11/h1-3,7,10,14H,4-6H2,(H,15,16,17). The number of aromatic nitrogens is 3. The Morgan fingerprint density at radius 2 is 2.44 bits per heavy atom. The van der Waals surface area contributed by atoms with Crippen molar-refractivity contribution >= 4 is 11.8 Å². The Bertz CT molecular complexity index is 529. The number of aromatic amines is 1. The molecule has 94 valence electrons. The lowest BCUT2D eigenvalue weighted by atomic mass is 10.0. The Kier molecular flexibility index (Phi) is 3.29. The third-order valence-corrected chi connectivity index (χ3v) is 4.17. The van der Waals surface area contributed by atoms with Crippen LogP contribution in [-0.4, -0.2) is 20.9 Å². The molecule has 6 heteroatoms. The highest BCUT2D eigenvalue weighted by atomic mass is 32.2. The Balaban J connectivity index is 1.77. The number of H-pyrrole nitrogens is 1. The second kappa shape index (κ2) is 5.07. The lowest BCUT2D eigenvalue weighted by Gasteiger charge is -2.25. The van der Waals surface area contributed by atoms with Crippen LogP contribution < -0.4 is 5.32 Å². The summed E-state index contributed by atoms with van der Waals surface area (Å²) in [7, 11) is 0. The highest BCUT2D eigenvalue weighted by Crippen LogP contribution is 2.37. The summed E-state index contributed by atoms with van der Waals surface area (Å²) in [6.07, 6.45) is 2.48. The van der Waals surface area contributed by atoms with E-state index in [0.717, 1.165) is 28.5 Å². The maximum absolute atomic E-state index is 13.7. The van der Waals surface area contributed by atoms with Crippen molar-refractivity contribution in [2.45, 2.75) is 23.9 Å². The second-order valence-corrected chi connectivity index (χ2v) is 5.27. The fourth-order valence-corrected chi connectivity index (χ4v) is 3.27. The second-order valence-electron chi connectivity index (χ2n) is 4.16. The zero-order chi connectivity index (χ0) is 12.4. The number of benzene rings is 1. The Hall–Kier alpha value is -1.40. The average molecular weight is 264 g/mol. The van der Waals surface area contributed by atoms with Crippen LogP contribution in [0.3, 0.4) is 0 Å². The highest BCUT2D eigenvalue weighted by molar-refractivity contribution is 7.99. The van der Waals surface area contributed by atoms with Crippen LogP contribution >= 0.6 is 11.8 Å². The maximum atomic E-state index is 13.7. The Morgan fingerprint density at radius 1 is 1.50 bits per heavy atom. The molecular formula is C12H13FN4S. The third kappa shape index (κ3) is 2.26. The number of fused-ring (bicyclic) bond motifs is 1. The lowest BCUT2D eigenvalue weighted by Crippen LogP contribution is -2.25. The number of nitrogens with one attached hydrogen (secondary N) is 2. The molecule has 0 saturated carbocycles. The van der Waals surface area contributed by atoms with Gasteiger partial charge >= 0.3 is 0 Å². The van der Waals surface area contributed by atoms with Crippen LogP contribution in [0, 0.1) is 5.82 Å². The Morgan fingerprint density at radius 3 is 3.28 bits per heavy atom. The van der Waals surface area contributed by atoms with Crippen molar-refractivity contribution in [1.82, 2.24) is 20.5 Å². The van der Waals surface area contributed by atoms with E-state index >= 15 is 0 Å². The van der Waals surface area contributed by atoms with Gasteiger partial charge in [0, 0.05) is 10.9 Å². The normalized spacial score (nSPS) is 18.6. The van der Waals surface area contributed by atoms with Crippen molar-refractivity contribution in [3.05, 3.63) is 41.7 Å². The van der Waals surface area contributed by atoms with Crippen LogP contribution in [-0.2, 0) is 6.54 Å². The van der Waals surface area contributed by atoms with Crippen molar-refractivity contribution in [3.63, 3.8) is 0 Å². The number of rotatable bonds is 3. The quantitative estimate of drug-likeness (QED) is 0.893. The van der Waals surface area contributed by atoms with Gasteiger partial charge < -0.3 is 5.32 Å². The number of hydrogen-bond acceptors (Lipinski definition) is 4. The molecule has 2 heterocycles. The first-order valence-electron chi connectivity index (χ1n) is 5.83. The van der Waals surface area contributed by atoms with Crippen molar-refractivity contribution in [3.8, 4) is 0 Å². The number of halogens is 1. The molecule has 0 aliphatic carbocycles. The first-order chi connectivity index (χ1) is 8.84. The largest absolute Gasteiger partial charge is 0.303 e. The molecule has 0 fully saturated rings. The zero-order valence-electron chi connectivity index (χ0n) is 9.69. The van der Waals surface area contributed by atoms with Crippen LogP contribution in [0.5, 0.6) is 0 Å². The molecule has 1 aromatic carbocycles. The van der Waals surface area contributed by atoms with E-state index in [0.29, 0.717) is 6.54 Å². The van der Waals surface area contributed by atoms with Crippen molar-refractivity contribution in [2.75, 3.05) is 5.75 Å². The summed E-state index contributed by atoms with van der Waals surface area (Å²) in [5, 5.41) is 10.0. The van der Waals surface area contributed by atoms with Crippen molar-refractivity contribution < 1.29 is 4.39 Å². The molecule has 1 aliphatic rings. The summed E-state index contributed by atoms with van der Waals surface area (Å²) in [4.78, 5) is 4.84. The molecule has 1 aromatic heterocycles. The van der Waals surface area contributed by atoms with Gasteiger partial charge in [-0.1, -0.05) is 12.1 Å². The van der Waals surface area contributed by atoms with Gasteiger partial charge in [0.25, 0.3) is 0 Å². The van der Waals surface area contributed by atoms with Gasteiger partial charge in [-0.2, -0.15) is 5.10 Å². The van der Waals surface area contributed by atoms with E-state index in [9.17, 15) is 4.39 Å². The van der Waals surface area contributed by atoms with E-state index in [1.807, 2.05) is 6.07 Å². The van der Waals surface area contributed by atoms with Gasteiger partial charge in [-0.05, 0) is 23.8 Å². The molecule has 3 rings (SSSR count). The molecule has 18 heavy (non-hydrogen) atoms. The van der Waals surface area contributed by atoms with Crippen LogP contribution in [0.15, 0.2) is 29.4 Å². The van der Waals surface area contributed by atoms with E-state index in [1.165, 1.54) is 12.4 Å². The summed E-state index contributed by atoms with van der Waals surface area (Å²) >= 11 is 1.59. The van der Waals surface area contributed by atoms with Crippen molar-refractivity contribution in [1.29, 1.82) is 0 Å². The summed E-state index contributed by atoms with van der Waals surface area (Å²) in [5.74, 6) is 1.61. The highest BCUT2D eigenvalue weighted by Gasteiger charge is 2.22. The van der Waals surface area contributed by atoms with E-state index in [1.54, 1.807) is 17.8 Å². The summed E-state index contributed by atoms with van der Waals surface area (Å²) < 4.78 is 13.7. The summed E-state index contributed by atoms with van der Waals surface area (Å²) in [6, 6.07) is 5.46. The average Bonchev–Trinajstić information content (AvgIpc) is 2.90. The predicted molar refractivity (Wildman–Crippen MR) is 67.7 cm³/mol. The minimum Gasteiger partial charge on any atom is -0.303 e. The summed E-state index contributed by atoms with van der Waals surface area (Å²) in [6.45, 7) is 0.616. The van der Waals surface area contributed by atoms with E-state index in [4.69, 9.17) is 0 Å². The van der Waals surface area contributed by atoms with Gasteiger partial charge in [-0.25, -0.2) is 9.37 Å². The van der Waals surface area contributed by atoms with Crippen LogP contribution in [0.1, 0.15) is 23.9 Å². The molecule has 0 saturated heterocycles. The van der Waals surface area contributed by atoms with Crippen LogP contribution in [0.25, 0.3) is 0 Å². The van der Waals surface area contributed by atoms with Gasteiger partial charge in [-0.3, -0.25) is 5.10 Å². The fourth-order valence-electron chi connectivity index (χ4n) is 2.13. The fraction of sp³-hybridized carbons (Fsp3) is 0.333. The minimum absolute atomic E-state index is 0.122. The molecule has 0 radical (unpaired) electrons. The topological polar surface area (TPSA) is 53.6 Å². The van der Waals surface area contributed by atoms with E-state index in [-0.39, 0.29) is 11.9 Å². The monoisotopic (exact) mass is 264 g/mol. The van der Waals surface area contributed by atoms with Gasteiger partial charge in [0.15, 0.2) is 0 Å². The molecule has 1 aliphatic heterocycles. The molecule has 0 spiro atoms. The number of thioether (sulfide) groups is 1. The third-order valence-electron chi connectivity index (χ3n) is 3.01. The van der Waals surface area contributed by atoms with E-state index in [2.05, 4.69) is 20.5 Å². The smallest absolute Gasteiger partial charge is 0.138 e. The Labute approximate surface area is 108 Å². The SMILES string of the molecule is Fc1cccc2c1SCCC2NCc1ncn[nH]1. The lowest BCUT2D eigenvalue weighted by molar-refractivity contribution is 0.489. The van der Waals surface area contributed by atoms with Crippen molar-refractivity contribution in [2.24, 2.45) is 0 Å². The van der Waals surface area contributed by atoms with E-state index < -0.39 is 0 Å². The molecular weight excluding hydrogens is 251 g/mol. The number of hydrogen-bond donors (Lipinski definition) is 2. The zero-order valence-corrected chi connectivity index (χ0v) is 10.5. The van der Waals surface area contributed by atoms with Gasteiger partial charge in [0.1, 0.15) is 18.0 Å². The molecule has 2 aromatic rings. The van der Waals surface area contributed by atoms with Gasteiger partial charge in [0.2, 0.25) is 0 Å². The summed E-state index contributed by atoms with van der Waals surface area (Å²) in [5.41, 5.74) is 1.05. The first kappa shape index (κ1) is 11.7. The maximum Gasteiger partial charge on any atom is 0.138 e. The minimum atomic E-state index is -0.122.